The Morgan fingerprint density at radius 3 is 1.17 bits per heavy atom. The van der Waals surface area contributed by atoms with Crippen LogP contribution in [0.5, 0.6) is 0 Å². The minimum absolute atomic E-state index is 0. The predicted molar refractivity (Wildman–Crippen MR) is 34.5 cm³/mol. The van der Waals surface area contributed by atoms with Crippen LogP contribution in [0.15, 0.2) is 0 Å². The Balaban J connectivity index is 0. The number of hydrogen-bond acceptors (Lipinski definition) is 1. The zero-order chi connectivity index (χ0) is 4.50. The molecule has 0 heterocycles. The Kier molecular flexibility index (Phi) is 5.05. The largest absolute Gasteiger partial charge is 0.173 e. The molecule has 6 heavy (non-hydrogen) atoms. The van der Waals surface area contributed by atoms with Crippen LogP contribution in [0, 0.1) is 0 Å². The molecule has 0 aliphatic carbocycles. The van der Waals surface area contributed by atoms with E-state index in [-0.39, 0.29) is 23.6 Å². The quantitative estimate of drug-likeness (QED) is 0.342. The van der Waals surface area contributed by atoms with E-state index in [4.69, 9.17) is 0 Å². The van der Waals surface area contributed by atoms with Crippen molar-refractivity contribution in [2.24, 2.45) is 0 Å². The molecule has 0 saturated heterocycles. The van der Waals surface area contributed by atoms with Gasteiger partial charge in [0.15, 0.2) is 0 Å². The Morgan fingerprint density at radius 2 is 1.17 bits per heavy atom. The predicted octanol–water partition coefficient (Wildman–Crippen LogP) is 1.33. The molecule has 0 fully saturated rings. The molecule has 0 nitrogen and oxygen atoms in total. The second kappa shape index (κ2) is 3.02. The molecule has 0 aromatic heterocycles. The molecule has 0 amide bonds. The maximum Gasteiger partial charge on any atom is 0.00449 e. The first-order valence-corrected chi connectivity index (χ1v) is 2.17. The van der Waals surface area contributed by atoms with Gasteiger partial charge in [0, 0.05) is 23.6 Å². The van der Waals surface area contributed by atoms with Crippen molar-refractivity contribution in [1.82, 2.24) is 0 Å². The third-order valence-corrected chi connectivity index (χ3v) is 0. The first-order valence-electron chi connectivity index (χ1n) is 1.72. The van der Waals surface area contributed by atoms with Gasteiger partial charge < -0.3 is 0 Å². The molecule has 2 heteroatoms. The van der Waals surface area contributed by atoms with Gasteiger partial charge in [0.2, 0.25) is 0 Å². The Hall–Kier alpha value is 0.947. The molecule has 0 aliphatic heterocycles. The fraction of sp³-hybridized carbons (Fsp3) is 1.00. The van der Waals surface area contributed by atoms with Crippen LogP contribution in [0.2, 0.25) is 0 Å². The first kappa shape index (κ1) is 10.0. The Bertz CT molecular complexity index is 23.0. The van der Waals surface area contributed by atoms with Gasteiger partial charge in [-0.3, -0.25) is 0 Å². The minimum atomic E-state index is 0. The van der Waals surface area contributed by atoms with Crippen molar-refractivity contribution in [2.75, 3.05) is 0 Å². The van der Waals surface area contributed by atoms with Gasteiger partial charge in [-0.15, -0.1) is 0 Å². The van der Waals surface area contributed by atoms with Crippen LogP contribution in [0.4, 0.5) is 0 Å². The second-order valence-corrected chi connectivity index (χ2v) is 3.51. The first-order chi connectivity index (χ1) is 2.00. The number of hydrogen-bond donors (Lipinski definition) is 1. The van der Waals surface area contributed by atoms with Crippen molar-refractivity contribution in [3.05, 3.63) is 0 Å². The molecule has 0 aliphatic rings. The van der Waals surface area contributed by atoms with Crippen LogP contribution < -0.4 is 0 Å². The summed E-state index contributed by atoms with van der Waals surface area (Å²) in [7, 11) is 0. The van der Waals surface area contributed by atoms with Crippen LogP contribution in [0.1, 0.15) is 20.8 Å². The van der Waals surface area contributed by atoms with Gasteiger partial charge in [0.05, 0.1) is 0 Å². The molecule has 0 spiro atoms. The second-order valence-electron chi connectivity index (χ2n) is 2.17. The molecule has 0 unspecified atom stereocenters. The van der Waals surface area contributed by atoms with E-state index in [2.05, 4.69) is 33.4 Å². The van der Waals surface area contributed by atoms with Gasteiger partial charge in [-0.2, -0.15) is 12.6 Å². The van der Waals surface area contributed by atoms with Gasteiger partial charge >= 0.3 is 0 Å². The maximum absolute atomic E-state index is 4.12. The summed E-state index contributed by atoms with van der Waals surface area (Å²) in [6.45, 7) is 6.16. The van der Waals surface area contributed by atoms with Gasteiger partial charge in [-0.25, -0.2) is 0 Å². The SMILES string of the molecule is CC(C)(C)S.[Li]. The Labute approximate surface area is 57.3 Å². The van der Waals surface area contributed by atoms with Crippen molar-refractivity contribution >= 4 is 31.5 Å². The van der Waals surface area contributed by atoms with Gasteiger partial charge in [-0.1, -0.05) is 20.8 Å². The van der Waals surface area contributed by atoms with Crippen molar-refractivity contribution in [3.63, 3.8) is 0 Å². The van der Waals surface area contributed by atoms with Crippen LogP contribution in [-0.2, 0) is 0 Å². The summed E-state index contributed by atoms with van der Waals surface area (Å²) in [5.74, 6) is 0. The fourth-order valence-corrected chi connectivity index (χ4v) is 0. The van der Waals surface area contributed by atoms with E-state index in [0.717, 1.165) is 0 Å². The van der Waals surface area contributed by atoms with E-state index < -0.39 is 0 Å². The van der Waals surface area contributed by atoms with E-state index in [0.29, 0.717) is 0 Å². The van der Waals surface area contributed by atoms with Crippen molar-refractivity contribution < 1.29 is 0 Å². The van der Waals surface area contributed by atoms with Crippen molar-refractivity contribution in [2.45, 2.75) is 25.5 Å². The van der Waals surface area contributed by atoms with E-state index >= 15 is 0 Å². The average molecular weight is 97.1 g/mol. The molecule has 0 rings (SSSR count). The summed E-state index contributed by atoms with van der Waals surface area (Å²) in [6.07, 6.45) is 0. The Morgan fingerprint density at radius 1 is 1.17 bits per heavy atom. The molecular formula is C4H10LiS. The van der Waals surface area contributed by atoms with Gasteiger partial charge in [0.1, 0.15) is 0 Å². The fourth-order valence-electron chi connectivity index (χ4n) is 0. The molecule has 0 aromatic carbocycles. The molecule has 0 bridgehead atoms. The summed E-state index contributed by atoms with van der Waals surface area (Å²) in [6, 6.07) is 0. The summed E-state index contributed by atoms with van der Waals surface area (Å²) >= 11 is 4.12. The van der Waals surface area contributed by atoms with E-state index in [1.807, 2.05) is 0 Å². The summed E-state index contributed by atoms with van der Waals surface area (Å²) in [4.78, 5) is 0. The minimum Gasteiger partial charge on any atom is -0.173 e. The normalized spacial score (nSPS) is 10.0. The topological polar surface area (TPSA) is 0 Å². The van der Waals surface area contributed by atoms with Gasteiger partial charge in [0.25, 0.3) is 0 Å². The maximum atomic E-state index is 4.12. The van der Waals surface area contributed by atoms with Crippen molar-refractivity contribution in [1.29, 1.82) is 0 Å². The molecule has 0 aromatic rings. The van der Waals surface area contributed by atoms with E-state index in [1.54, 1.807) is 0 Å². The van der Waals surface area contributed by atoms with E-state index in [1.165, 1.54) is 0 Å². The molecule has 33 valence electrons. The summed E-state index contributed by atoms with van der Waals surface area (Å²) in [5, 5.41) is 0. The molecule has 0 saturated carbocycles. The third-order valence-electron chi connectivity index (χ3n) is 0. The van der Waals surface area contributed by atoms with Crippen LogP contribution >= 0.6 is 12.6 Å². The standard InChI is InChI=1S/C4H10S.Li/c1-4(2,3)5;/h5H,1-3H3;. The molecule has 1 radical (unpaired) electrons. The summed E-state index contributed by atoms with van der Waals surface area (Å²) < 4.78 is 0.194. The monoisotopic (exact) mass is 97.1 g/mol. The molecular weight excluding hydrogens is 87.1 g/mol. The zero-order valence-electron chi connectivity index (χ0n) is 4.95. The summed E-state index contributed by atoms with van der Waals surface area (Å²) in [5.41, 5.74) is 0. The molecule has 0 atom stereocenters. The van der Waals surface area contributed by atoms with Crippen LogP contribution in [0.3, 0.4) is 0 Å². The molecule has 0 N–H and O–H groups in total. The van der Waals surface area contributed by atoms with Crippen molar-refractivity contribution in [3.8, 4) is 0 Å². The average Bonchev–Trinajstić information content (AvgIpc) is 0.722. The smallest absolute Gasteiger partial charge is 0.00449 e. The van der Waals surface area contributed by atoms with Gasteiger partial charge in [-0.05, 0) is 0 Å². The third kappa shape index (κ3) is 85.9. The zero-order valence-corrected chi connectivity index (χ0v) is 5.84. The van der Waals surface area contributed by atoms with Crippen LogP contribution in [0.25, 0.3) is 0 Å². The van der Waals surface area contributed by atoms with E-state index in [9.17, 15) is 0 Å². The van der Waals surface area contributed by atoms with Crippen LogP contribution in [-0.4, -0.2) is 23.6 Å². The number of thiol groups is 1. The number of rotatable bonds is 0.